The minimum absolute atomic E-state index is 0.0170. The molecule has 1 N–H and O–H groups in total. The highest BCUT2D eigenvalue weighted by Crippen LogP contribution is 2.09. The molecule has 62 valence electrons. The number of ketones is 1. The Bertz CT molecular complexity index is 190. The number of rotatable bonds is 2. The predicted octanol–water partition coefficient (Wildman–Crippen LogP) is 0.462. The summed E-state index contributed by atoms with van der Waals surface area (Å²) in [5.74, 6) is 0.0170. The van der Waals surface area contributed by atoms with Gasteiger partial charge in [0.1, 0.15) is 12.1 Å². The summed E-state index contributed by atoms with van der Waals surface area (Å²) in [6.45, 7) is 3.47. The second-order valence-corrected chi connectivity index (χ2v) is 2.55. The second kappa shape index (κ2) is 2.90. The summed E-state index contributed by atoms with van der Waals surface area (Å²) >= 11 is 0. The van der Waals surface area contributed by atoms with Crippen molar-refractivity contribution in [1.82, 2.24) is 5.32 Å². The van der Waals surface area contributed by atoms with Crippen molar-refractivity contribution in [3.63, 3.8) is 0 Å². The van der Waals surface area contributed by atoms with Gasteiger partial charge >= 0.3 is 6.09 Å². The zero-order valence-electron chi connectivity index (χ0n) is 6.59. The first-order valence-corrected chi connectivity index (χ1v) is 3.65. The van der Waals surface area contributed by atoms with E-state index in [1.807, 2.05) is 0 Å². The van der Waals surface area contributed by atoms with Crippen LogP contribution in [0.3, 0.4) is 0 Å². The van der Waals surface area contributed by atoms with Gasteiger partial charge in [0.15, 0.2) is 5.78 Å². The number of hydrogen-bond donors (Lipinski definition) is 1. The standard InChI is InChI=1S/C7H11NO3/c1-3-5(9)6-4(2)11-7(10)8-6/h4,6H,3H2,1-2H3,(H,8,10)/t4-,6-/m1/s1. The molecule has 1 aliphatic heterocycles. The van der Waals surface area contributed by atoms with Gasteiger partial charge in [0.2, 0.25) is 0 Å². The lowest BCUT2D eigenvalue weighted by Gasteiger charge is -2.08. The Morgan fingerprint density at radius 2 is 2.36 bits per heavy atom. The van der Waals surface area contributed by atoms with E-state index in [0.717, 1.165) is 0 Å². The molecule has 4 nitrogen and oxygen atoms in total. The average molecular weight is 157 g/mol. The molecule has 0 aromatic carbocycles. The van der Waals surface area contributed by atoms with Gasteiger partial charge in [-0.25, -0.2) is 4.79 Å². The molecule has 0 aliphatic carbocycles. The Balaban J connectivity index is 2.59. The first-order valence-electron chi connectivity index (χ1n) is 3.65. The number of hydrogen-bond acceptors (Lipinski definition) is 3. The van der Waals surface area contributed by atoms with Gasteiger partial charge in [0.05, 0.1) is 0 Å². The molecule has 0 bridgehead atoms. The molecule has 0 aromatic rings. The van der Waals surface area contributed by atoms with Crippen molar-refractivity contribution in [1.29, 1.82) is 0 Å². The molecule has 1 aliphatic rings. The van der Waals surface area contributed by atoms with Crippen molar-refractivity contribution in [2.24, 2.45) is 0 Å². The third-order valence-electron chi connectivity index (χ3n) is 1.73. The van der Waals surface area contributed by atoms with E-state index in [-0.39, 0.29) is 11.9 Å². The fraction of sp³-hybridized carbons (Fsp3) is 0.714. The molecule has 1 heterocycles. The molecule has 1 amide bonds. The number of carbonyl (C=O) groups is 2. The maximum atomic E-state index is 11.1. The van der Waals surface area contributed by atoms with Crippen LogP contribution >= 0.6 is 0 Å². The van der Waals surface area contributed by atoms with Gasteiger partial charge in [-0.1, -0.05) is 6.92 Å². The fourth-order valence-electron chi connectivity index (χ4n) is 1.08. The van der Waals surface area contributed by atoms with Gasteiger partial charge in [-0.15, -0.1) is 0 Å². The zero-order chi connectivity index (χ0) is 8.43. The summed E-state index contributed by atoms with van der Waals surface area (Å²) in [4.78, 5) is 21.7. The Kier molecular flexibility index (Phi) is 2.12. The van der Waals surface area contributed by atoms with Gasteiger partial charge in [0.25, 0.3) is 0 Å². The van der Waals surface area contributed by atoms with Crippen molar-refractivity contribution >= 4 is 11.9 Å². The monoisotopic (exact) mass is 157 g/mol. The van der Waals surface area contributed by atoms with Crippen molar-refractivity contribution in [2.45, 2.75) is 32.4 Å². The SMILES string of the molecule is CCC(=O)[C@@H]1NC(=O)O[C@@H]1C. The highest BCUT2D eigenvalue weighted by molar-refractivity contribution is 5.89. The first kappa shape index (κ1) is 8.04. The van der Waals surface area contributed by atoms with Crippen molar-refractivity contribution in [2.75, 3.05) is 0 Å². The zero-order valence-corrected chi connectivity index (χ0v) is 6.59. The quantitative estimate of drug-likeness (QED) is 0.633. The lowest BCUT2D eigenvalue weighted by atomic mass is 10.1. The van der Waals surface area contributed by atoms with Crippen LogP contribution in [0.1, 0.15) is 20.3 Å². The van der Waals surface area contributed by atoms with Crippen LogP contribution in [0.2, 0.25) is 0 Å². The van der Waals surface area contributed by atoms with E-state index in [1.165, 1.54) is 0 Å². The minimum Gasteiger partial charge on any atom is -0.444 e. The van der Waals surface area contributed by atoms with Gasteiger partial charge in [0, 0.05) is 6.42 Å². The third-order valence-corrected chi connectivity index (χ3v) is 1.73. The molecule has 0 saturated carbocycles. The molecule has 4 heteroatoms. The number of amides is 1. The number of alkyl carbamates (subject to hydrolysis) is 1. The summed E-state index contributed by atoms with van der Waals surface area (Å²) in [5, 5.41) is 2.44. The average Bonchev–Trinajstić information content (AvgIpc) is 2.28. The maximum absolute atomic E-state index is 11.1. The van der Waals surface area contributed by atoms with Gasteiger partial charge in [-0.2, -0.15) is 0 Å². The number of cyclic esters (lactones) is 1. The molecule has 2 atom stereocenters. The fourth-order valence-corrected chi connectivity index (χ4v) is 1.08. The molecule has 1 fully saturated rings. The summed E-state index contributed by atoms with van der Waals surface area (Å²) in [6.07, 6.45) is -0.391. The molecule has 0 spiro atoms. The smallest absolute Gasteiger partial charge is 0.408 e. The number of nitrogens with one attached hydrogen (secondary N) is 1. The minimum atomic E-state index is -0.496. The summed E-state index contributed by atoms with van der Waals surface area (Å²) in [7, 11) is 0. The van der Waals surface area contributed by atoms with E-state index < -0.39 is 12.1 Å². The highest BCUT2D eigenvalue weighted by atomic mass is 16.6. The first-order chi connectivity index (χ1) is 5.15. The molecular weight excluding hydrogens is 146 g/mol. The summed E-state index contributed by atoms with van der Waals surface area (Å²) in [5.41, 5.74) is 0. The Labute approximate surface area is 64.9 Å². The van der Waals surface area contributed by atoms with E-state index in [4.69, 9.17) is 4.74 Å². The number of carbonyl (C=O) groups excluding carboxylic acids is 2. The van der Waals surface area contributed by atoms with Gasteiger partial charge in [-0.05, 0) is 6.92 Å². The topological polar surface area (TPSA) is 55.4 Å². The maximum Gasteiger partial charge on any atom is 0.408 e. The lowest BCUT2D eigenvalue weighted by molar-refractivity contribution is -0.121. The molecule has 1 rings (SSSR count). The van der Waals surface area contributed by atoms with Crippen molar-refractivity contribution in [3.8, 4) is 0 Å². The number of ether oxygens (including phenoxy) is 1. The number of Topliss-reactive ketones (excluding diaryl/α,β-unsaturated/α-hetero) is 1. The van der Waals surface area contributed by atoms with Crippen LogP contribution in [-0.2, 0) is 9.53 Å². The van der Waals surface area contributed by atoms with E-state index in [1.54, 1.807) is 13.8 Å². The molecule has 0 radical (unpaired) electrons. The third kappa shape index (κ3) is 1.50. The largest absolute Gasteiger partial charge is 0.444 e. The molecule has 1 saturated heterocycles. The molecule has 0 aromatic heterocycles. The summed E-state index contributed by atoms with van der Waals surface area (Å²) < 4.78 is 4.73. The van der Waals surface area contributed by atoms with E-state index in [9.17, 15) is 9.59 Å². The molecule has 0 unspecified atom stereocenters. The van der Waals surface area contributed by atoms with Crippen molar-refractivity contribution in [3.05, 3.63) is 0 Å². The van der Waals surface area contributed by atoms with Crippen LogP contribution in [0.15, 0.2) is 0 Å². The van der Waals surface area contributed by atoms with E-state index in [0.29, 0.717) is 6.42 Å². The van der Waals surface area contributed by atoms with Crippen LogP contribution in [0.25, 0.3) is 0 Å². The van der Waals surface area contributed by atoms with Gasteiger partial charge in [-0.3, -0.25) is 4.79 Å². The van der Waals surface area contributed by atoms with Crippen LogP contribution in [0.5, 0.6) is 0 Å². The normalized spacial score (nSPS) is 29.5. The van der Waals surface area contributed by atoms with Gasteiger partial charge < -0.3 is 10.1 Å². The van der Waals surface area contributed by atoms with Crippen LogP contribution in [-0.4, -0.2) is 24.0 Å². The highest BCUT2D eigenvalue weighted by Gasteiger charge is 2.34. The lowest BCUT2D eigenvalue weighted by Crippen LogP contribution is -2.37. The van der Waals surface area contributed by atoms with Crippen LogP contribution in [0, 0.1) is 0 Å². The van der Waals surface area contributed by atoms with E-state index >= 15 is 0 Å². The predicted molar refractivity (Wildman–Crippen MR) is 38.2 cm³/mol. The molecular formula is C7H11NO3. The molecule has 11 heavy (non-hydrogen) atoms. The van der Waals surface area contributed by atoms with E-state index in [2.05, 4.69) is 5.32 Å². The van der Waals surface area contributed by atoms with Crippen LogP contribution < -0.4 is 5.32 Å². The van der Waals surface area contributed by atoms with Crippen molar-refractivity contribution < 1.29 is 14.3 Å². The summed E-state index contributed by atoms with van der Waals surface area (Å²) in [6, 6.07) is -0.438. The Morgan fingerprint density at radius 3 is 2.73 bits per heavy atom. The second-order valence-electron chi connectivity index (χ2n) is 2.55. The van der Waals surface area contributed by atoms with Crippen LogP contribution in [0.4, 0.5) is 4.79 Å². The Hall–Kier alpha value is -1.06. The Morgan fingerprint density at radius 1 is 1.73 bits per heavy atom.